The molecule has 1 aromatic rings. The minimum absolute atomic E-state index is 0.0703. The van der Waals surface area contributed by atoms with E-state index < -0.39 is 7.04 Å². The largest absolute Gasteiger partial charge is 0.481 e. The van der Waals surface area contributed by atoms with Crippen LogP contribution in [-0.2, 0) is 0 Å². The molecular formula is C7H6N2O. The van der Waals surface area contributed by atoms with Crippen LogP contribution in [0.5, 0.6) is 5.88 Å². The van der Waals surface area contributed by atoms with Crippen LogP contribution in [0.15, 0.2) is 18.2 Å². The smallest absolute Gasteiger partial charge is 0.214 e. The van der Waals surface area contributed by atoms with E-state index in [0.717, 1.165) is 0 Å². The van der Waals surface area contributed by atoms with Crippen LogP contribution in [0.3, 0.4) is 0 Å². The van der Waals surface area contributed by atoms with Crippen molar-refractivity contribution in [3.63, 3.8) is 0 Å². The zero-order valence-corrected chi connectivity index (χ0v) is 5.03. The Morgan fingerprint density at radius 1 is 1.80 bits per heavy atom. The van der Waals surface area contributed by atoms with Crippen LogP contribution < -0.4 is 4.74 Å². The van der Waals surface area contributed by atoms with Crippen LogP contribution in [0.25, 0.3) is 0 Å². The maximum absolute atomic E-state index is 8.45. The molecule has 0 aromatic carbocycles. The van der Waals surface area contributed by atoms with Gasteiger partial charge in [-0.15, -0.1) is 0 Å². The number of hydrogen-bond acceptors (Lipinski definition) is 3. The van der Waals surface area contributed by atoms with Crippen molar-refractivity contribution in [1.29, 1.82) is 5.26 Å². The fourth-order valence-corrected chi connectivity index (χ4v) is 0.534. The average Bonchev–Trinajstić information content (AvgIpc) is 2.01. The van der Waals surface area contributed by atoms with Gasteiger partial charge in [0.15, 0.2) is 0 Å². The minimum atomic E-state index is -2.53. The molecular weight excluding hydrogens is 128 g/mol. The van der Waals surface area contributed by atoms with Gasteiger partial charge in [0.2, 0.25) is 5.88 Å². The molecule has 3 heteroatoms. The molecule has 0 N–H and O–H groups in total. The summed E-state index contributed by atoms with van der Waals surface area (Å²) in [7, 11) is -2.53. The van der Waals surface area contributed by atoms with Gasteiger partial charge in [-0.1, -0.05) is 6.07 Å². The molecule has 0 amide bonds. The predicted octanol–water partition coefficient (Wildman–Crippen LogP) is 0.962. The number of methoxy groups -OCH3 is 1. The number of aromatic nitrogens is 1. The number of rotatable bonds is 1. The second-order valence-electron chi connectivity index (χ2n) is 1.57. The van der Waals surface area contributed by atoms with Gasteiger partial charge in [0.25, 0.3) is 0 Å². The topological polar surface area (TPSA) is 45.9 Å². The van der Waals surface area contributed by atoms with E-state index in [-0.39, 0.29) is 11.6 Å². The molecule has 0 aliphatic rings. The number of nitrogens with zero attached hydrogens (tertiary/aromatic N) is 2. The summed E-state index contributed by atoms with van der Waals surface area (Å²) in [6, 6.07) is 6.13. The number of nitriles is 1. The summed E-state index contributed by atoms with van der Waals surface area (Å²) < 4.78 is 24.8. The highest BCUT2D eigenvalue weighted by Crippen LogP contribution is 2.04. The summed E-state index contributed by atoms with van der Waals surface area (Å²) in [6.45, 7) is 0. The van der Waals surface area contributed by atoms with Gasteiger partial charge in [-0.3, -0.25) is 0 Å². The Bertz CT molecular complexity index is 342. The van der Waals surface area contributed by atoms with Gasteiger partial charge < -0.3 is 4.74 Å². The molecule has 3 nitrogen and oxygen atoms in total. The molecule has 1 heterocycles. The summed E-state index contributed by atoms with van der Waals surface area (Å²) in [5.41, 5.74) is 0.127. The van der Waals surface area contributed by atoms with E-state index in [1.165, 1.54) is 18.2 Å². The van der Waals surface area contributed by atoms with Gasteiger partial charge in [0.05, 0.1) is 11.2 Å². The maximum Gasteiger partial charge on any atom is 0.214 e. The lowest BCUT2D eigenvalue weighted by Gasteiger charge is -1.95. The Labute approximate surface area is 63.1 Å². The average molecular weight is 137 g/mol. The van der Waals surface area contributed by atoms with Crippen LogP contribution >= 0.6 is 0 Å². The van der Waals surface area contributed by atoms with Gasteiger partial charge >= 0.3 is 0 Å². The molecule has 0 radical (unpaired) electrons. The van der Waals surface area contributed by atoms with E-state index in [0.29, 0.717) is 0 Å². The van der Waals surface area contributed by atoms with Crippen LogP contribution in [0.4, 0.5) is 0 Å². The summed E-state index contributed by atoms with van der Waals surface area (Å²) in [5, 5.41) is 8.45. The van der Waals surface area contributed by atoms with Crippen molar-refractivity contribution < 1.29 is 8.85 Å². The fraction of sp³-hybridized carbons (Fsp3) is 0.143. The van der Waals surface area contributed by atoms with Gasteiger partial charge in [-0.05, 0) is 6.07 Å². The van der Waals surface area contributed by atoms with E-state index in [9.17, 15) is 0 Å². The highest BCUT2D eigenvalue weighted by Gasteiger charge is 1.92. The van der Waals surface area contributed by atoms with E-state index >= 15 is 0 Å². The van der Waals surface area contributed by atoms with E-state index in [1.54, 1.807) is 6.07 Å². The first kappa shape index (κ1) is 3.57. The quantitative estimate of drug-likeness (QED) is 0.579. The van der Waals surface area contributed by atoms with Crippen molar-refractivity contribution >= 4 is 0 Å². The molecule has 0 aliphatic heterocycles. The lowest BCUT2D eigenvalue weighted by atomic mass is 10.4. The molecule has 0 atom stereocenters. The number of hydrogen-bond donors (Lipinski definition) is 0. The van der Waals surface area contributed by atoms with Gasteiger partial charge in [-0.2, -0.15) is 5.26 Å². The second kappa shape index (κ2) is 2.83. The molecule has 0 saturated heterocycles. The van der Waals surface area contributed by atoms with Crippen LogP contribution in [0, 0.1) is 11.3 Å². The minimum Gasteiger partial charge on any atom is -0.481 e. The Morgan fingerprint density at radius 2 is 2.70 bits per heavy atom. The molecule has 0 bridgehead atoms. The third kappa shape index (κ3) is 1.23. The molecule has 0 spiro atoms. The molecule has 1 rings (SSSR count). The molecule has 50 valence electrons. The van der Waals surface area contributed by atoms with Crippen LogP contribution in [0.2, 0.25) is 0 Å². The van der Waals surface area contributed by atoms with Crippen LogP contribution in [-0.4, -0.2) is 12.0 Å². The van der Waals surface area contributed by atoms with Crippen molar-refractivity contribution in [3.05, 3.63) is 23.9 Å². The lowest BCUT2D eigenvalue weighted by Crippen LogP contribution is -1.88. The fourth-order valence-electron chi connectivity index (χ4n) is 0.534. The SMILES string of the molecule is [2H]C([2H])([2H])Oc1cccc(C#N)n1. The summed E-state index contributed by atoms with van der Waals surface area (Å²) in [6.07, 6.45) is 0. The Kier molecular flexibility index (Phi) is 1.01. The Hall–Kier alpha value is -1.56. The van der Waals surface area contributed by atoms with Crippen molar-refractivity contribution in [2.75, 3.05) is 7.04 Å². The highest BCUT2D eigenvalue weighted by molar-refractivity contribution is 5.24. The second-order valence-corrected chi connectivity index (χ2v) is 1.57. The van der Waals surface area contributed by atoms with Gasteiger partial charge in [0.1, 0.15) is 11.8 Å². The van der Waals surface area contributed by atoms with E-state index in [1.807, 2.05) is 0 Å². The van der Waals surface area contributed by atoms with Crippen molar-refractivity contribution in [3.8, 4) is 11.9 Å². The first-order valence-electron chi connectivity index (χ1n) is 4.07. The molecule has 0 aliphatic carbocycles. The van der Waals surface area contributed by atoms with Crippen molar-refractivity contribution in [1.82, 2.24) is 4.98 Å². The highest BCUT2D eigenvalue weighted by atomic mass is 16.5. The summed E-state index contributed by atoms with van der Waals surface area (Å²) in [5.74, 6) is -0.0703. The van der Waals surface area contributed by atoms with E-state index in [2.05, 4.69) is 9.72 Å². The first-order valence-corrected chi connectivity index (χ1v) is 2.57. The standard InChI is InChI=1S/C7H6N2O/c1-10-7-4-2-3-6(5-8)9-7/h2-4H,1H3/i1D3. The monoisotopic (exact) mass is 137 g/mol. The lowest BCUT2D eigenvalue weighted by molar-refractivity contribution is 0.397. The predicted molar refractivity (Wildman–Crippen MR) is 35.5 cm³/mol. The first-order chi connectivity index (χ1) is 6.01. The molecule has 10 heavy (non-hydrogen) atoms. The van der Waals surface area contributed by atoms with Crippen molar-refractivity contribution in [2.45, 2.75) is 0 Å². The zero-order valence-electron chi connectivity index (χ0n) is 8.03. The molecule has 0 fully saturated rings. The summed E-state index contributed by atoms with van der Waals surface area (Å²) in [4.78, 5) is 3.63. The van der Waals surface area contributed by atoms with E-state index in [4.69, 9.17) is 9.37 Å². The third-order valence-corrected chi connectivity index (χ3v) is 0.943. The molecule has 0 unspecified atom stereocenters. The normalized spacial score (nSPS) is 14.1. The Morgan fingerprint density at radius 3 is 3.40 bits per heavy atom. The maximum atomic E-state index is 8.45. The molecule has 0 saturated carbocycles. The molecule has 1 aromatic heterocycles. The van der Waals surface area contributed by atoms with Crippen molar-refractivity contribution in [2.24, 2.45) is 0 Å². The number of pyridine rings is 1. The number of ether oxygens (including phenoxy) is 1. The summed E-state index contributed by atoms with van der Waals surface area (Å²) >= 11 is 0. The van der Waals surface area contributed by atoms with Crippen LogP contribution in [0.1, 0.15) is 9.81 Å². The van der Waals surface area contributed by atoms with Gasteiger partial charge in [-0.25, -0.2) is 4.98 Å². The Balaban J connectivity index is 2.86. The zero-order chi connectivity index (χ0) is 9.90. The third-order valence-electron chi connectivity index (χ3n) is 0.943. The van der Waals surface area contributed by atoms with Gasteiger partial charge in [0, 0.05) is 6.07 Å².